The van der Waals surface area contributed by atoms with Crippen molar-refractivity contribution in [2.75, 3.05) is 33.8 Å². The predicted molar refractivity (Wildman–Crippen MR) is 88.9 cm³/mol. The Labute approximate surface area is 129 Å². The van der Waals surface area contributed by atoms with E-state index in [1.807, 2.05) is 7.05 Å². The van der Waals surface area contributed by atoms with Crippen molar-refractivity contribution in [3.63, 3.8) is 0 Å². The van der Waals surface area contributed by atoms with E-state index in [9.17, 15) is 0 Å². The van der Waals surface area contributed by atoms with Crippen LogP contribution in [0.2, 0.25) is 0 Å². The first-order chi connectivity index (χ1) is 10.0. The minimum Gasteiger partial charge on any atom is -0.496 e. The van der Waals surface area contributed by atoms with Crippen LogP contribution in [0.5, 0.6) is 5.75 Å². The van der Waals surface area contributed by atoms with Crippen LogP contribution >= 0.6 is 0 Å². The van der Waals surface area contributed by atoms with Gasteiger partial charge in [-0.25, -0.2) is 0 Å². The van der Waals surface area contributed by atoms with Crippen molar-refractivity contribution < 1.29 is 4.74 Å². The summed E-state index contributed by atoms with van der Waals surface area (Å²) < 4.78 is 5.56. The SMILES string of the molecule is CNC(CN1CC(C)CC(C)C1)c1cc(C)ccc1OC. The van der Waals surface area contributed by atoms with E-state index in [2.05, 4.69) is 49.2 Å². The Hall–Kier alpha value is -1.06. The summed E-state index contributed by atoms with van der Waals surface area (Å²) >= 11 is 0. The number of aryl methyl sites for hydroxylation is 1. The molecule has 118 valence electrons. The van der Waals surface area contributed by atoms with Gasteiger partial charge in [0.05, 0.1) is 7.11 Å². The van der Waals surface area contributed by atoms with E-state index in [0.717, 1.165) is 24.1 Å². The molecule has 3 nitrogen and oxygen atoms in total. The standard InChI is InChI=1S/C18H30N2O/c1-13-6-7-18(21-5)16(9-13)17(19-4)12-20-10-14(2)8-15(3)11-20/h6-7,9,14-15,17,19H,8,10-12H2,1-5H3. The number of likely N-dealkylation sites (tertiary alicyclic amines) is 1. The molecule has 21 heavy (non-hydrogen) atoms. The Kier molecular flexibility index (Phi) is 5.65. The molecule has 1 heterocycles. The van der Waals surface area contributed by atoms with Crippen molar-refractivity contribution in [2.45, 2.75) is 33.2 Å². The maximum atomic E-state index is 5.56. The van der Waals surface area contributed by atoms with Gasteiger partial charge in [-0.3, -0.25) is 0 Å². The number of nitrogens with zero attached hydrogens (tertiary/aromatic N) is 1. The van der Waals surface area contributed by atoms with Crippen molar-refractivity contribution in [2.24, 2.45) is 11.8 Å². The monoisotopic (exact) mass is 290 g/mol. The van der Waals surface area contributed by atoms with Crippen LogP contribution in [-0.4, -0.2) is 38.7 Å². The molecule has 1 aromatic rings. The Morgan fingerprint density at radius 3 is 2.52 bits per heavy atom. The van der Waals surface area contributed by atoms with Crippen LogP contribution in [0.25, 0.3) is 0 Å². The van der Waals surface area contributed by atoms with Crippen LogP contribution < -0.4 is 10.1 Å². The fourth-order valence-corrected chi connectivity index (χ4v) is 3.67. The second kappa shape index (κ2) is 7.28. The van der Waals surface area contributed by atoms with Crippen LogP contribution in [0.1, 0.15) is 37.4 Å². The molecular formula is C18H30N2O. The molecule has 3 atom stereocenters. The maximum absolute atomic E-state index is 5.56. The summed E-state index contributed by atoms with van der Waals surface area (Å²) in [5.74, 6) is 2.58. The number of hydrogen-bond donors (Lipinski definition) is 1. The van der Waals surface area contributed by atoms with Gasteiger partial charge in [-0.1, -0.05) is 31.5 Å². The van der Waals surface area contributed by atoms with Gasteiger partial charge in [0.2, 0.25) is 0 Å². The quantitative estimate of drug-likeness (QED) is 0.901. The molecule has 0 aliphatic carbocycles. The molecule has 0 radical (unpaired) electrons. The smallest absolute Gasteiger partial charge is 0.123 e. The summed E-state index contributed by atoms with van der Waals surface area (Å²) in [5.41, 5.74) is 2.55. The first kappa shape index (κ1) is 16.3. The summed E-state index contributed by atoms with van der Waals surface area (Å²) in [6.45, 7) is 10.3. The highest BCUT2D eigenvalue weighted by molar-refractivity contribution is 5.39. The topological polar surface area (TPSA) is 24.5 Å². The molecule has 1 saturated heterocycles. The van der Waals surface area contributed by atoms with E-state index in [4.69, 9.17) is 4.74 Å². The number of likely N-dealkylation sites (N-methyl/N-ethyl adjacent to an activating group) is 1. The molecule has 0 bridgehead atoms. The van der Waals surface area contributed by atoms with Crippen molar-refractivity contribution in [3.8, 4) is 5.75 Å². The van der Waals surface area contributed by atoms with E-state index in [1.165, 1.54) is 30.6 Å². The molecular weight excluding hydrogens is 260 g/mol. The first-order valence-electron chi connectivity index (χ1n) is 8.07. The van der Waals surface area contributed by atoms with E-state index >= 15 is 0 Å². The molecule has 1 aliphatic rings. The van der Waals surface area contributed by atoms with Crippen molar-refractivity contribution in [1.29, 1.82) is 0 Å². The third kappa shape index (κ3) is 4.21. The third-order valence-corrected chi connectivity index (χ3v) is 4.49. The van der Waals surface area contributed by atoms with Gasteiger partial charge in [0.15, 0.2) is 0 Å². The summed E-state index contributed by atoms with van der Waals surface area (Å²) in [7, 11) is 3.80. The lowest BCUT2D eigenvalue weighted by atomic mass is 9.91. The van der Waals surface area contributed by atoms with Gasteiger partial charge >= 0.3 is 0 Å². The van der Waals surface area contributed by atoms with E-state index in [1.54, 1.807) is 7.11 Å². The van der Waals surface area contributed by atoms with Gasteiger partial charge in [0, 0.05) is 31.2 Å². The van der Waals surface area contributed by atoms with E-state index < -0.39 is 0 Å². The number of hydrogen-bond acceptors (Lipinski definition) is 3. The van der Waals surface area contributed by atoms with E-state index in [0.29, 0.717) is 6.04 Å². The highest BCUT2D eigenvalue weighted by Crippen LogP contribution is 2.29. The molecule has 0 aromatic heterocycles. The van der Waals surface area contributed by atoms with Gasteiger partial charge in [-0.05, 0) is 38.3 Å². The number of ether oxygens (including phenoxy) is 1. The van der Waals surface area contributed by atoms with Gasteiger partial charge < -0.3 is 15.0 Å². The van der Waals surface area contributed by atoms with Crippen molar-refractivity contribution in [3.05, 3.63) is 29.3 Å². The predicted octanol–water partition coefficient (Wildman–Crippen LogP) is 3.24. The van der Waals surface area contributed by atoms with Crippen LogP contribution in [0.15, 0.2) is 18.2 Å². The third-order valence-electron chi connectivity index (χ3n) is 4.49. The average molecular weight is 290 g/mol. The second-order valence-corrected chi connectivity index (χ2v) is 6.75. The minimum atomic E-state index is 0.317. The lowest BCUT2D eigenvalue weighted by Crippen LogP contribution is -2.42. The summed E-state index contributed by atoms with van der Waals surface area (Å²) in [5, 5.41) is 3.48. The Bertz CT molecular complexity index is 451. The van der Waals surface area contributed by atoms with Crippen LogP contribution in [0.3, 0.4) is 0 Å². The Balaban J connectivity index is 2.14. The summed E-state index contributed by atoms with van der Waals surface area (Å²) in [6, 6.07) is 6.75. The number of piperidine rings is 1. The normalized spacial score (nSPS) is 24.8. The van der Waals surface area contributed by atoms with Crippen molar-refractivity contribution in [1.82, 2.24) is 10.2 Å². The van der Waals surface area contributed by atoms with Crippen LogP contribution in [-0.2, 0) is 0 Å². The molecule has 0 saturated carbocycles. The first-order valence-corrected chi connectivity index (χ1v) is 8.07. The lowest BCUT2D eigenvalue weighted by molar-refractivity contribution is 0.129. The van der Waals surface area contributed by atoms with Crippen molar-refractivity contribution >= 4 is 0 Å². The van der Waals surface area contributed by atoms with Gasteiger partial charge in [0.1, 0.15) is 5.75 Å². The minimum absolute atomic E-state index is 0.317. The number of methoxy groups -OCH3 is 1. The molecule has 2 rings (SSSR count). The Morgan fingerprint density at radius 1 is 1.29 bits per heavy atom. The lowest BCUT2D eigenvalue weighted by Gasteiger charge is -2.37. The number of nitrogens with one attached hydrogen (secondary N) is 1. The second-order valence-electron chi connectivity index (χ2n) is 6.75. The van der Waals surface area contributed by atoms with Gasteiger partial charge in [-0.15, -0.1) is 0 Å². The molecule has 1 aliphatic heterocycles. The molecule has 1 fully saturated rings. The highest BCUT2D eigenvalue weighted by atomic mass is 16.5. The maximum Gasteiger partial charge on any atom is 0.123 e. The Morgan fingerprint density at radius 2 is 1.95 bits per heavy atom. The summed E-state index contributed by atoms with van der Waals surface area (Å²) in [4.78, 5) is 2.60. The van der Waals surface area contributed by atoms with Gasteiger partial charge in [-0.2, -0.15) is 0 Å². The molecule has 1 N–H and O–H groups in total. The zero-order valence-electron chi connectivity index (χ0n) is 14.1. The number of benzene rings is 1. The molecule has 3 heteroatoms. The molecule has 3 unspecified atom stereocenters. The van der Waals surface area contributed by atoms with Crippen LogP contribution in [0, 0.1) is 18.8 Å². The largest absolute Gasteiger partial charge is 0.496 e. The zero-order valence-corrected chi connectivity index (χ0v) is 14.1. The van der Waals surface area contributed by atoms with Gasteiger partial charge in [0.25, 0.3) is 0 Å². The van der Waals surface area contributed by atoms with Crippen LogP contribution in [0.4, 0.5) is 0 Å². The average Bonchev–Trinajstić information content (AvgIpc) is 2.43. The fourth-order valence-electron chi connectivity index (χ4n) is 3.67. The van der Waals surface area contributed by atoms with E-state index in [-0.39, 0.29) is 0 Å². The fraction of sp³-hybridized carbons (Fsp3) is 0.667. The molecule has 0 amide bonds. The highest BCUT2D eigenvalue weighted by Gasteiger charge is 2.25. The molecule has 0 spiro atoms. The molecule has 1 aromatic carbocycles. The summed E-state index contributed by atoms with van der Waals surface area (Å²) in [6.07, 6.45) is 1.36. The zero-order chi connectivity index (χ0) is 15.4. The number of rotatable bonds is 5.